The van der Waals surface area contributed by atoms with Crippen molar-refractivity contribution in [3.05, 3.63) is 42.4 Å². The summed E-state index contributed by atoms with van der Waals surface area (Å²) in [5.74, 6) is -0.368. The largest absolute Gasteiger partial charge is 0.466 e. The molecule has 0 fully saturated rings. The fraction of sp³-hybridized carbons (Fsp3) is 0.200. The second-order valence-electron chi connectivity index (χ2n) is 2.59. The van der Waals surface area contributed by atoms with E-state index in [9.17, 15) is 4.79 Å². The third kappa shape index (κ3) is 3.71. The molecule has 4 nitrogen and oxygen atoms in total. The van der Waals surface area contributed by atoms with E-state index in [-0.39, 0.29) is 5.97 Å². The number of nitrogens with one attached hydrogen (secondary N) is 1. The lowest BCUT2D eigenvalue weighted by molar-refractivity contribution is -0.134. The maximum Gasteiger partial charge on any atom is 0.331 e. The molecule has 0 aliphatic rings. The van der Waals surface area contributed by atoms with Crippen LogP contribution in [-0.2, 0) is 16.1 Å². The molecule has 0 saturated carbocycles. The van der Waals surface area contributed by atoms with E-state index in [1.54, 1.807) is 18.6 Å². The number of esters is 1. The third-order valence-corrected chi connectivity index (χ3v) is 1.59. The average Bonchev–Trinajstić information content (AvgIpc) is 2.25. The summed E-state index contributed by atoms with van der Waals surface area (Å²) >= 11 is 0. The van der Waals surface area contributed by atoms with Gasteiger partial charge in [-0.3, -0.25) is 4.98 Å². The Morgan fingerprint density at radius 2 is 2.29 bits per heavy atom. The van der Waals surface area contributed by atoms with Crippen molar-refractivity contribution in [3.8, 4) is 0 Å². The van der Waals surface area contributed by atoms with Gasteiger partial charge >= 0.3 is 5.97 Å². The average molecular weight is 192 g/mol. The first kappa shape index (κ1) is 10.2. The highest BCUT2D eigenvalue weighted by Gasteiger charge is 1.90. The van der Waals surface area contributed by atoms with Gasteiger partial charge in [0.1, 0.15) is 0 Å². The zero-order valence-electron chi connectivity index (χ0n) is 7.93. The Balaban J connectivity index is 2.29. The van der Waals surface area contributed by atoms with Gasteiger partial charge in [0.25, 0.3) is 0 Å². The van der Waals surface area contributed by atoms with Gasteiger partial charge < -0.3 is 10.1 Å². The van der Waals surface area contributed by atoms with Crippen LogP contribution in [-0.4, -0.2) is 18.1 Å². The number of rotatable bonds is 4. The number of pyridine rings is 1. The smallest absolute Gasteiger partial charge is 0.331 e. The topological polar surface area (TPSA) is 51.2 Å². The molecule has 0 bridgehead atoms. The Bertz CT molecular complexity index is 309. The first-order chi connectivity index (χ1) is 6.83. The van der Waals surface area contributed by atoms with Gasteiger partial charge in [0.15, 0.2) is 0 Å². The van der Waals surface area contributed by atoms with Gasteiger partial charge in [0.05, 0.1) is 7.11 Å². The fourth-order valence-corrected chi connectivity index (χ4v) is 0.872. The van der Waals surface area contributed by atoms with Gasteiger partial charge in [-0.25, -0.2) is 4.79 Å². The quantitative estimate of drug-likeness (QED) is 0.567. The van der Waals surface area contributed by atoms with Crippen LogP contribution < -0.4 is 5.32 Å². The molecule has 1 aromatic heterocycles. The van der Waals surface area contributed by atoms with Crippen LogP contribution in [0.25, 0.3) is 0 Å². The lowest BCUT2D eigenvalue weighted by Crippen LogP contribution is -2.06. The molecule has 0 amide bonds. The predicted molar refractivity (Wildman–Crippen MR) is 52.2 cm³/mol. The summed E-state index contributed by atoms with van der Waals surface area (Å²) in [6.07, 6.45) is 6.34. The number of hydrogen-bond acceptors (Lipinski definition) is 4. The highest BCUT2D eigenvalue weighted by molar-refractivity contribution is 5.81. The van der Waals surface area contributed by atoms with Gasteiger partial charge in [-0.15, -0.1) is 0 Å². The molecule has 74 valence electrons. The van der Waals surface area contributed by atoms with E-state index in [1.807, 2.05) is 12.1 Å². The molecule has 0 atom stereocenters. The van der Waals surface area contributed by atoms with Crippen molar-refractivity contribution < 1.29 is 9.53 Å². The molecule has 0 radical (unpaired) electrons. The Kier molecular flexibility index (Phi) is 4.20. The summed E-state index contributed by atoms with van der Waals surface area (Å²) < 4.78 is 4.43. The minimum Gasteiger partial charge on any atom is -0.466 e. The SMILES string of the molecule is COC(=O)/C=C/NCc1ccncc1. The molecule has 1 N–H and O–H groups in total. The number of nitrogens with zero attached hydrogens (tertiary/aromatic N) is 1. The molecule has 0 spiro atoms. The van der Waals surface area contributed by atoms with Crippen LogP contribution >= 0.6 is 0 Å². The van der Waals surface area contributed by atoms with Crippen molar-refractivity contribution in [1.82, 2.24) is 10.3 Å². The number of carbonyl (C=O) groups is 1. The zero-order chi connectivity index (χ0) is 10.2. The van der Waals surface area contributed by atoms with Crippen LogP contribution in [0.4, 0.5) is 0 Å². The highest BCUT2D eigenvalue weighted by atomic mass is 16.5. The van der Waals surface area contributed by atoms with Crippen molar-refractivity contribution >= 4 is 5.97 Å². The summed E-state index contributed by atoms with van der Waals surface area (Å²) in [5, 5.41) is 2.96. The van der Waals surface area contributed by atoms with Gasteiger partial charge in [-0.1, -0.05) is 0 Å². The molecule has 0 saturated heterocycles. The summed E-state index contributed by atoms with van der Waals surface area (Å²) in [5.41, 5.74) is 1.11. The Morgan fingerprint density at radius 1 is 1.57 bits per heavy atom. The van der Waals surface area contributed by atoms with E-state index < -0.39 is 0 Å². The van der Waals surface area contributed by atoms with Crippen molar-refractivity contribution in [2.45, 2.75) is 6.54 Å². The van der Waals surface area contributed by atoms with Crippen LogP contribution in [0, 0.1) is 0 Å². The Morgan fingerprint density at radius 3 is 2.93 bits per heavy atom. The number of aromatic nitrogens is 1. The molecule has 0 aromatic carbocycles. The molecular formula is C10H12N2O2. The van der Waals surface area contributed by atoms with Gasteiger partial charge in [-0.05, 0) is 17.7 Å². The van der Waals surface area contributed by atoms with Gasteiger partial charge in [0, 0.05) is 31.2 Å². The van der Waals surface area contributed by atoms with E-state index >= 15 is 0 Å². The molecule has 1 aromatic rings. The van der Waals surface area contributed by atoms with E-state index in [2.05, 4.69) is 15.0 Å². The molecule has 0 unspecified atom stereocenters. The van der Waals surface area contributed by atoms with Crippen molar-refractivity contribution in [2.75, 3.05) is 7.11 Å². The summed E-state index contributed by atoms with van der Waals surface area (Å²) in [7, 11) is 1.34. The minimum atomic E-state index is -0.368. The van der Waals surface area contributed by atoms with Crippen LogP contribution in [0.15, 0.2) is 36.8 Å². The zero-order valence-corrected chi connectivity index (χ0v) is 7.93. The third-order valence-electron chi connectivity index (χ3n) is 1.59. The molecule has 14 heavy (non-hydrogen) atoms. The van der Waals surface area contributed by atoms with Crippen molar-refractivity contribution in [2.24, 2.45) is 0 Å². The second-order valence-corrected chi connectivity index (χ2v) is 2.59. The summed E-state index contributed by atoms with van der Waals surface area (Å²) in [4.78, 5) is 14.6. The van der Waals surface area contributed by atoms with Crippen LogP contribution in [0.2, 0.25) is 0 Å². The fourth-order valence-electron chi connectivity index (χ4n) is 0.872. The molecule has 1 rings (SSSR count). The summed E-state index contributed by atoms with van der Waals surface area (Å²) in [6.45, 7) is 0.663. The van der Waals surface area contributed by atoms with Gasteiger partial charge in [0.2, 0.25) is 0 Å². The summed E-state index contributed by atoms with van der Waals surface area (Å²) in [6, 6.07) is 3.80. The number of carbonyl (C=O) groups excluding carboxylic acids is 1. The molecule has 4 heteroatoms. The lowest BCUT2D eigenvalue weighted by Gasteiger charge is -1.99. The first-order valence-electron chi connectivity index (χ1n) is 4.19. The number of hydrogen-bond donors (Lipinski definition) is 1. The normalized spacial score (nSPS) is 10.1. The maximum absolute atomic E-state index is 10.7. The second kappa shape index (κ2) is 5.75. The van der Waals surface area contributed by atoms with E-state index in [4.69, 9.17) is 0 Å². The van der Waals surface area contributed by atoms with E-state index in [0.717, 1.165) is 5.56 Å². The first-order valence-corrected chi connectivity index (χ1v) is 4.19. The standard InChI is InChI=1S/C10H12N2O2/c1-14-10(13)4-7-12-8-9-2-5-11-6-3-9/h2-7,12H,8H2,1H3/b7-4+. The number of ether oxygens (including phenoxy) is 1. The van der Waals surface area contributed by atoms with Gasteiger partial charge in [-0.2, -0.15) is 0 Å². The minimum absolute atomic E-state index is 0.368. The van der Waals surface area contributed by atoms with Crippen LogP contribution in [0.3, 0.4) is 0 Å². The van der Waals surface area contributed by atoms with Crippen molar-refractivity contribution in [1.29, 1.82) is 0 Å². The molecular weight excluding hydrogens is 180 g/mol. The predicted octanol–water partition coefficient (Wildman–Crippen LogP) is 0.858. The Labute approximate surface area is 82.6 Å². The molecule has 0 aliphatic carbocycles. The molecule has 0 aliphatic heterocycles. The molecule has 1 heterocycles. The number of methoxy groups -OCH3 is 1. The van der Waals surface area contributed by atoms with Crippen LogP contribution in [0.5, 0.6) is 0 Å². The monoisotopic (exact) mass is 192 g/mol. The Hall–Kier alpha value is -1.84. The van der Waals surface area contributed by atoms with Crippen LogP contribution in [0.1, 0.15) is 5.56 Å². The van der Waals surface area contributed by atoms with E-state index in [0.29, 0.717) is 6.54 Å². The maximum atomic E-state index is 10.7. The van der Waals surface area contributed by atoms with Crippen molar-refractivity contribution in [3.63, 3.8) is 0 Å². The highest BCUT2D eigenvalue weighted by Crippen LogP contribution is 1.94. The lowest BCUT2D eigenvalue weighted by atomic mass is 10.3. The van der Waals surface area contributed by atoms with E-state index in [1.165, 1.54) is 13.2 Å².